The lowest BCUT2D eigenvalue weighted by molar-refractivity contribution is -0.114. The molecule has 0 atom stereocenters. The van der Waals surface area contributed by atoms with E-state index in [4.69, 9.17) is 0 Å². The summed E-state index contributed by atoms with van der Waals surface area (Å²) in [5.74, 6) is 0.391. The zero-order valence-electron chi connectivity index (χ0n) is 20.3. The normalized spacial score (nSPS) is 12.7. The largest absolute Gasteiger partial charge is 0.310 e. The topological polar surface area (TPSA) is 85.0 Å². The standard InChI is InChI=1S/C28H23FN6O2/c1-17-25(19-7-11-21(29)12-8-19)26(30-18(2)36)35(32-17)22-13-9-20(10-14-22)27(37)34-16-15-33-24-6-4-3-5-23(24)31-28(33)34/h3-14H,15-16H2,1-2H3,(H,30,36). The Morgan fingerprint density at radius 2 is 1.68 bits per heavy atom. The van der Waals surface area contributed by atoms with Crippen LogP contribution in [0.1, 0.15) is 23.0 Å². The minimum absolute atomic E-state index is 0.133. The van der Waals surface area contributed by atoms with E-state index in [0.29, 0.717) is 47.4 Å². The van der Waals surface area contributed by atoms with Crippen molar-refractivity contribution in [2.24, 2.45) is 0 Å². The van der Waals surface area contributed by atoms with Gasteiger partial charge in [0, 0.05) is 31.1 Å². The lowest BCUT2D eigenvalue weighted by Crippen LogP contribution is -2.29. The molecular weight excluding hydrogens is 471 g/mol. The van der Waals surface area contributed by atoms with Gasteiger partial charge in [0.25, 0.3) is 5.91 Å². The molecule has 1 aliphatic heterocycles. The van der Waals surface area contributed by atoms with E-state index < -0.39 is 0 Å². The molecular formula is C28H23FN6O2. The second-order valence-electron chi connectivity index (χ2n) is 8.96. The Labute approximate surface area is 212 Å². The maximum absolute atomic E-state index is 13.5. The number of halogens is 1. The third-order valence-electron chi connectivity index (χ3n) is 6.51. The monoisotopic (exact) mass is 494 g/mol. The minimum Gasteiger partial charge on any atom is -0.310 e. The Bertz CT molecular complexity index is 1670. The quantitative estimate of drug-likeness (QED) is 0.383. The third-order valence-corrected chi connectivity index (χ3v) is 6.51. The summed E-state index contributed by atoms with van der Waals surface area (Å²) in [6.07, 6.45) is 0. The number of aromatic nitrogens is 4. The van der Waals surface area contributed by atoms with Crippen molar-refractivity contribution in [2.45, 2.75) is 20.4 Å². The number of carbonyl (C=O) groups is 2. The number of anilines is 2. The molecule has 0 aliphatic carbocycles. The second kappa shape index (κ2) is 8.70. The Kier molecular flexibility index (Phi) is 5.33. The van der Waals surface area contributed by atoms with Crippen LogP contribution in [-0.4, -0.2) is 37.7 Å². The van der Waals surface area contributed by atoms with Gasteiger partial charge in [-0.1, -0.05) is 24.3 Å². The van der Waals surface area contributed by atoms with Gasteiger partial charge in [-0.25, -0.2) is 14.1 Å². The van der Waals surface area contributed by atoms with Gasteiger partial charge in [0.2, 0.25) is 11.9 Å². The number of hydrogen-bond donors (Lipinski definition) is 1. The summed E-state index contributed by atoms with van der Waals surface area (Å²) in [5.41, 5.74) is 5.18. The fourth-order valence-corrected chi connectivity index (χ4v) is 4.84. The van der Waals surface area contributed by atoms with Gasteiger partial charge in [-0.05, 0) is 61.0 Å². The molecule has 2 aromatic heterocycles. The molecule has 0 saturated heterocycles. The highest BCUT2D eigenvalue weighted by Crippen LogP contribution is 2.34. The molecule has 0 unspecified atom stereocenters. The maximum atomic E-state index is 13.5. The molecule has 2 amide bonds. The summed E-state index contributed by atoms with van der Waals surface area (Å²) < 4.78 is 17.2. The van der Waals surface area contributed by atoms with Crippen molar-refractivity contribution >= 4 is 34.6 Å². The van der Waals surface area contributed by atoms with E-state index in [-0.39, 0.29) is 17.6 Å². The lowest BCUT2D eigenvalue weighted by atomic mass is 10.1. The highest BCUT2D eigenvalue weighted by atomic mass is 19.1. The fourth-order valence-electron chi connectivity index (χ4n) is 4.84. The Morgan fingerprint density at radius 1 is 0.946 bits per heavy atom. The molecule has 0 fully saturated rings. The number of benzene rings is 3. The maximum Gasteiger partial charge on any atom is 0.260 e. The van der Waals surface area contributed by atoms with Crippen LogP contribution in [0.2, 0.25) is 0 Å². The molecule has 1 aliphatic rings. The molecule has 0 bridgehead atoms. The molecule has 184 valence electrons. The first-order valence-electron chi connectivity index (χ1n) is 11.9. The van der Waals surface area contributed by atoms with Crippen LogP contribution in [0.25, 0.3) is 27.8 Å². The summed E-state index contributed by atoms with van der Waals surface area (Å²) in [5, 5.41) is 7.50. The number of aryl methyl sites for hydroxylation is 1. The average Bonchev–Trinajstić information content (AvgIpc) is 3.56. The molecule has 0 saturated carbocycles. The van der Waals surface area contributed by atoms with Crippen molar-refractivity contribution in [3.63, 3.8) is 0 Å². The number of carbonyl (C=O) groups excluding carboxylic acids is 2. The van der Waals surface area contributed by atoms with Gasteiger partial charge in [-0.15, -0.1) is 0 Å². The van der Waals surface area contributed by atoms with Gasteiger partial charge in [-0.3, -0.25) is 14.5 Å². The van der Waals surface area contributed by atoms with Gasteiger partial charge in [0.1, 0.15) is 11.6 Å². The van der Waals surface area contributed by atoms with Crippen LogP contribution in [-0.2, 0) is 11.3 Å². The number of fused-ring (bicyclic) bond motifs is 3. The number of rotatable bonds is 4. The molecule has 1 N–H and O–H groups in total. The summed E-state index contributed by atoms with van der Waals surface area (Å²) in [7, 11) is 0. The summed E-state index contributed by atoms with van der Waals surface area (Å²) >= 11 is 0. The van der Waals surface area contributed by atoms with E-state index in [1.54, 1.807) is 46.0 Å². The molecule has 3 heterocycles. The van der Waals surface area contributed by atoms with Gasteiger partial charge in [-0.2, -0.15) is 5.10 Å². The number of para-hydroxylation sites is 2. The van der Waals surface area contributed by atoms with Crippen molar-refractivity contribution in [2.75, 3.05) is 16.8 Å². The Balaban J connectivity index is 1.34. The Hall–Kier alpha value is -4.79. The number of nitrogens with one attached hydrogen (secondary N) is 1. The summed E-state index contributed by atoms with van der Waals surface area (Å²) in [4.78, 5) is 31.8. The van der Waals surface area contributed by atoms with E-state index in [0.717, 1.165) is 16.6 Å². The highest BCUT2D eigenvalue weighted by molar-refractivity contribution is 6.06. The highest BCUT2D eigenvalue weighted by Gasteiger charge is 2.29. The molecule has 6 rings (SSSR count). The van der Waals surface area contributed by atoms with Crippen molar-refractivity contribution in [3.05, 3.63) is 89.9 Å². The molecule has 8 nitrogen and oxygen atoms in total. The SMILES string of the molecule is CC(=O)Nc1c(-c2ccc(F)cc2)c(C)nn1-c1ccc(C(=O)N2CCn3c2nc2ccccc23)cc1. The zero-order valence-corrected chi connectivity index (χ0v) is 20.3. The lowest BCUT2D eigenvalue weighted by Gasteiger charge is -2.15. The number of amides is 2. The molecule has 9 heteroatoms. The second-order valence-corrected chi connectivity index (χ2v) is 8.96. The van der Waals surface area contributed by atoms with Crippen LogP contribution in [0.3, 0.4) is 0 Å². The van der Waals surface area contributed by atoms with E-state index in [1.807, 2.05) is 31.2 Å². The van der Waals surface area contributed by atoms with Crippen LogP contribution in [0.15, 0.2) is 72.8 Å². The third kappa shape index (κ3) is 3.85. The van der Waals surface area contributed by atoms with E-state index in [2.05, 4.69) is 20.0 Å². The molecule has 0 spiro atoms. The molecule has 0 radical (unpaired) electrons. The molecule has 3 aromatic carbocycles. The Morgan fingerprint density at radius 3 is 2.41 bits per heavy atom. The minimum atomic E-state index is -0.344. The van der Waals surface area contributed by atoms with Gasteiger partial charge < -0.3 is 9.88 Å². The van der Waals surface area contributed by atoms with Gasteiger partial charge >= 0.3 is 0 Å². The van der Waals surface area contributed by atoms with E-state index in [9.17, 15) is 14.0 Å². The first-order chi connectivity index (χ1) is 17.9. The molecule has 5 aromatic rings. The number of hydrogen-bond acceptors (Lipinski definition) is 4. The first kappa shape index (κ1) is 22.7. The number of nitrogens with zero attached hydrogens (tertiary/aromatic N) is 5. The van der Waals surface area contributed by atoms with Crippen LogP contribution < -0.4 is 10.2 Å². The van der Waals surface area contributed by atoms with E-state index >= 15 is 0 Å². The predicted molar refractivity (Wildman–Crippen MR) is 139 cm³/mol. The fraction of sp³-hybridized carbons (Fsp3) is 0.143. The van der Waals surface area contributed by atoms with Crippen LogP contribution in [0.5, 0.6) is 0 Å². The van der Waals surface area contributed by atoms with E-state index in [1.165, 1.54) is 19.1 Å². The van der Waals surface area contributed by atoms with Gasteiger partial charge in [0.15, 0.2) is 0 Å². The summed E-state index contributed by atoms with van der Waals surface area (Å²) in [6.45, 7) is 4.50. The average molecular weight is 495 g/mol. The van der Waals surface area contributed by atoms with Crippen LogP contribution in [0, 0.1) is 12.7 Å². The van der Waals surface area contributed by atoms with Gasteiger partial charge in [0.05, 0.1) is 22.4 Å². The number of imidazole rings is 1. The first-order valence-corrected chi connectivity index (χ1v) is 11.9. The molecule has 37 heavy (non-hydrogen) atoms. The van der Waals surface area contributed by atoms with Crippen LogP contribution in [0.4, 0.5) is 16.2 Å². The summed E-state index contributed by atoms with van der Waals surface area (Å²) in [6, 6.07) is 21.0. The zero-order chi connectivity index (χ0) is 25.7. The van der Waals surface area contributed by atoms with Crippen molar-refractivity contribution in [1.82, 2.24) is 19.3 Å². The van der Waals surface area contributed by atoms with Crippen molar-refractivity contribution < 1.29 is 14.0 Å². The smallest absolute Gasteiger partial charge is 0.260 e. The van der Waals surface area contributed by atoms with Crippen molar-refractivity contribution in [1.29, 1.82) is 0 Å². The van der Waals surface area contributed by atoms with Crippen LogP contribution >= 0.6 is 0 Å². The predicted octanol–water partition coefficient (Wildman–Crippen LogP) is 4.96. The van der Waals surface area contributed by atoms with Crippen molar-refractivity contribution in [3.8, 4) is 16.8 Å².